The highest BCUT2D eigenvalue weighted by atomic mass is 32.2. The van der Waals surface area contributed by atoms with E-state index in [1.807, 2.05) is 0 Å². The molecule has 0 aliphatic rings. The average molecular weight is 332 g/mol. The fourth-order valence-electron chi connectivity index (χ4n) is 1.47. The molecule has 0 aromatic heterocycles. The molecule has 0 aliphatic heterocycles. The molecule has 22 heavy (non-hydrogen) atoms. The number of anilines is 1. The Morgan fingerprint density at radius 1 is 1.32 bits per heavy atom. The number of benzene rings is 1. The number of halogens is 1. The van der Waals surface area contributed by atoms with Gasteiger partial charge in [-0.1, -0.05) is 0 Å². The van der Waals surface area contributed by atoms with Gasteiger partial charge < -0.3 is 10.4 Å². The number of carboxylic acid groups (broad SMARTS) is 1. The molecule has 122 valence electrons. The quantitative estimate of drug-likeness (QED) is 0.720. The number of carbonyl (C=O) groups excluding carboxylic acids is 1. The lowest BCUT2D eigenvalue weighted by Gasteiger charge is -2.20. The minimum atomic E-state index is -3.65. The summed E-state index contributed by atoms with van der Waals surface area (Å²) in [6, 6.07) is 3.00. The third kappa shape index (κ3) is 4.99. The summed E-state index contributed by atoms with van der Waals surface area (Å²) in [6.07, 6.45) is 0.894. The van der Waals surface area contributed by atoms with E-state index in [2.05, 4.69) is 10.0 Å². The molecule has 0 saturated carbocycles. The van der Waals surface area contributed by atoms with E-state index in [0.29, 0.717) is 0 Å². The Morgan fingerprint density at radius 2 is 1.91 bits per heavy atom. The largest absolute Gasteiger partial charge is 0.481 e. The number of amides is 1. The van der Waals surface area contributed by atoms with E-state index in [-0.39, 0.29) is 17.8 Å². The van der Waals surface area contributed by atoms with Crippen molar-refractivity contribution in [1.82, 2.24) is 5.32 Å². The Morgan fingerprint density at radius 3 is 2.41 bits per heavy atom. The molecule has 3 N–H and O–H groups in total. The number of nitrogens with one attached hydrogen (secondary N) is 2. The fraction of sp³-hybridized carbons (Fsp3) is 0.385. The molecule has 1 aromatic rings. The number of carboxylic acids is 1. The van der Waals surface area contributed by atoms with Crippen LogP contribution in [0.5, 0.6) is 0 Å². The zero-order valence-electron chi connectivity index (χ0n) is 12.3. The fourth-order valence-corrected chi connectivity index (χ4v) is 2.04. The number of carbonyl (C=O) groups is 2. The molecule has 0 radical (unpaired) electrons. The van der Waals surface area contributed by atoms with Crippen molar-refractivity contribution in [2.75, 3.05) is 17.5 Å². The summed E-state index contributed by atoms with van der Waals surface area (Å²) in [5.74, 6) is -2.61. The highest BCUT2D eigenvalue weighted by Gasteiger charge is 2.28. The van der Waals surface area contributed by atoms with Crippen LogP contribution < -0.4 is 10.0 Å². The monoisotopic (exact) mass is 332 g/mol. The number of rotatable bonds is 6. The maximum atomic E-state index is 13.3. The Bertz CT molecular complexity index is 700. The molecule has 9 heteroatoms. The Kier molecular flexibility index (Phi) is 5.13. The lowest BCUT2D eigenvalue weighted by molar-refractivity contribution is -0.146. The van der Waals surface area contributed by atoms with E-state index in [4.69, 9.17) is 5.11 Å². The number of hydrogen-bond acceptors (Lipinski definition) is 4. The second-order valence-corrected chi connectivity index (χ2v) is 7.18. The third-order valence-corrected chi connectivity index (χ3v) is 3.38. The topological polar surface area (TPSA) is 113 Å². The molecule has 1 rings (SSSR count). The molecule has 1 aromatic carbocycles. The minimum absolute atomic E-state index is 0.0884. The summed E-state index contributed by atoms with van der Waals surface area (Å²) in [4.78, 5) is 23.0. The molecule has 7 nitrogen and oxygen atoms in total. The summed E-state index contributed by atoms with van der Waals surface area (Å²) < 4.78 is 37.9. The van der Waals surface area contributed by atoms with Gasteiger partial charge in [-0.3, -0.25) is 14.3 Å². The van der Waals surface area contributed by atoms with Crippen LogP contribution in [0.1, 0.15) is 24.2 Å². The van der Waals surface area contributed by atoms with Gasteiger partial charge in [0.05, 0.1) is 22.9 Å². The number of hydrogen-bond donors (Lipinski definition) is 3. The molecule has 0 heterocycles. The van der Waals surface area contributed by atoms with Crippen molar-refractivity contribution < 1.29 is 27.5 Å². The molecule has 0 spiro atoms. The zero-order chi connectivity index (χ0) is 17.1. The van der Waals surface area contributed by atoms with E-state index in [1.54, 1.807) is 0 Å². The standard InChI is InChI=1S/C13H17FN2O5S/c1-13(2,12(18)19)7-15-11(17)9-6-8(14)4-5-10(9)16-22(3,20)21/h4-6,16H,7H2,1-3H3,(H,15,17)(H,18,19). The van der Waals surface area contributed by atoms with Gasteiger partial charge >= 0.3 is 5.97 Å². The summed E-state index contributed by atoms with van der Waals surface area (Å²) in [7, 11) is -3.65. The molecule has 1 amide bonds. The first-order valence-electron chi connectivity index (χ1n) is 6.21. The summed E-state index contributed by atoms with van der Waals surface area (Å²) >= 11 is 0. The third-order valence-electron chi connectivity index (χ3n) is 2.79. The van der Waals surface area contributed by atoms with E-state index < -0.39 is 33.1 Å². The van der Waals surface area contributed by atoms with Crippen LogP contribution in [0, 0.1) is 11.2 Å². The second-order valence-electron chi connectivity index (χ2n) is 5.44. The lowest BCUT2D eigenvalue weighted by atomic mass is 9.94. The van der Waals surface area contributed by atoms with Gasteiger partial charge in [0.2, 0.25) is 10.0 Å². The van der Waals surface area contributed by atoms with Crippen molar-refractivity contribution in [2.45, 2.75) is 13.8 Å². The van der Waals surface area contributed by atoms with Crippen LogP contribution in [-0.4, -0.2) is 38.2 Å². The first kappa shape index (κ1) is 17.9. The van der Waals surface area contributed by atoms with Crippen LogP contribution in [0.25, 0.3) is 0 Å². The second kappa shape index (κ2) is 6.30. The molecule has 0 fully saturated rings. The maximum Gasteiger partial charge on any atom is 0.310 e. The van der Waals surface area contributed by atoms with Crippen molar-refractivity contribution in [3.8, 4) is 0 Å². The van der Waals surface area contributed by atoms with Gasteiger partial charge in [0.25, 0.3) is 5.91 Å². The van der Waals surface area contributed by atoms with Gasteiger partial charge in [0, 0.05) is 6.54 Å². The molecular formula is C13H17FN2O5S. The predicted octanol–water partition coefficient (Wildman–Crippen LogP) is 1.04. The van der Waals surface area contributed by atoms with Gasteiger partial charge in [0.15, 0.2) is 0 Å². The Hall–Kier alpha value is -2.16. The molecule has 0 bridgehead atoms. The van der Waals surface area contributed by atoms with Crippen molar-refractivity contribution in [2.24, 2.45) is 5.41 Å². The van der Waals surface area contributed by atoms with Crippen LogP contribution >= 0.6 is 0 Å². The first-order chi connectivity index (χ1) is 9.92. The Balaban J connectivity index is 3.02. The van der Waals surface area contributed by atoms with Gasteiger partial charge in [-0.25, -0.2) is 12.8 Å². The minimum Gasteiger partial charge on any atom is -0.481 e. The smallest absolute Gasteiger partial charge is 0.310 e. The molecular weight excluding hydrogens is 315 g/mol. The Labute approximate surface area is 127 Å². The van der Waals surface area contributed by atoms with Gasteiger partial charge in [-0.2, -0.15) is 0 Å². The predicted molar refractivity (Wildman–Crippen MR) is 78.6 cm³/mol. The van der Waals surface area contributed by atoms with Crippen molar-refractivity contribution in [3.63, 3.8) is 0 Å². The van der Waals surface area contributed by atoms with Crippen LogP contribution in [0.15, 0.2) is 18.2 Å². The first-order valence-corrected chi connectivity index (χ1v) is 8.10. The average Bonchev–Trinajstić information content (AvgIpc) is 2.36. The molecule has 0 saturated heterocycles. The van der Waals surface area contributed by atoms with E-state index in [0.717, 1.165) is 24.5 Å². The lowest BCUT2D eigenvalue weighted by Crippen LogP contribution is -2.39. The van der Waals surface area contributed by atoms with Crippen molar-refractivity contribution >= 4 is 27.6 Å². The number of aliphatic carboxylic acids is 1. The van der Waals surface area contributed by atoms with E-state index in [1.165, 1.54) is 13.8 Å². The summed E-state index contributed by atoms with van der Waals surface area (Å²) in [5, 5.41) is 11.3. The highest BCUT2D eigenvalue weighted by Crippen LogP contribution is 2.19. The van der Waals surface area contributed by atoms with Gasteiger partial charge in [-0.05, 0) is 32.0 Å². The van der Waals surface area contributed by atoms with Crippen LogP contribution in [0.2, 0.25) is 0 Å². The molecule has 0 aliphatic carbocycles. The normalized spacial score (nSPS) is 11.8. The van der Waals surface area contributed by atoms with Crippen LogP contribution in [0.4, 0.5) is 10.1 Å². The zero-order valence-corrected chi connectivity index (χ0v) is 13.1. The van der Waals surface area contributed by atoms with Crippen molar-refractivity contribution in [1.29, 1.82) is 0 Å². The van der Waals surface area contributed by atoms with E-state index in [9.17, 15) is 22.4 Å². The van der Waals surface area contributed by atoms with Crippen molar-refractivity contribution in [3.05, 3.63) is 29.6 Å². The SMILES string of the molecule is CC(C)(CNC(=O)c1cc(F)ccc1NS(C)(=O)=O)C(=O)O. The van der Waals surface area contributed by atoms with Gasteiger partial charge in [-0.15, -0.1) is 0 Å². The summed E-state index contributed by atoms with van der Waals surface area (Å²) in [6.45, 7) is 2.63. The van der Waals surface area contributed by atoms with Crippen LogP contribution in [0.3, 0.4) is 0 Å². The van der Waals surface area contributed by atoms with Crippen LogP contribution in [-0.2, 0) is 14.8 Å². The number of sulfonamides is 1. The molecule has 0 unspecified atom stereocenters. The summed E-state index contributed by atoms with van der Waals surface area (Å²) in [5.41, 5.74) is -1.53. The highest BCUT2D eigenvalue weighted by molar-refractivity contribution is 7.92. The maximum absolute atomic E-state index is 13.3. The molecule has 0 atom stereocenters. The van der Waals surface area contributed by atoms with Gasteiger partial charge in [0.1, 0.15) is 5.82 Å². The van der Waals surface area contributed by atoms with E-state index >= 15 is 0 Å².